The number of amides is 2. The van der Waals surface area contributed by atoms with Crippen LogP contribution in [0.15, 0.2) is 48.5 Å². The Bertz CT molecular complexity index is 801. The summed E-state index contributed by atoms with van der Waals surface area (Å²) in [4.78, 5) is 26.0. The van der Waals surface area contributed by atoms with Crippen molar-refractivity contribution < 1.29 is 9.59 Å². The van der Waals surface area contributed by atoms with E-state index in [1.807, 2.05) is 67.3 Å². The van der Waals surface area contributed by atoms with Crippen LogP contribution in [0.25, 0.3) is 0 Å². The van der Waals surface area contributed by atoms with Gasteiger partial charge in [0.1, 0.15) is 6.04 Å². The zero-order valence-corrected chi connectivity index (χ0v) is 16.0. The summed E-state index contributed by atoms with van der Waals surface area (Å²) in [6, 6.07) is 15.7. The second-order valence-corrected chi connectivity index (χ2v) is 7.19. The molecular formula is C22H27N3O2. The molecule has 0 radical (unpaired) electrons. The Morgan fingerprint density at radius 3 is 2.63 bits per heavy atom. The first-order valence-corrected chi connectivity index (χ1v) is 9.48. The van der Waals surface area contributed by atoms with Crippen molar-refractivity contribution in [3.63, 3.8) is 0 Å². The third-order valence-corrected chi connectivity index (χ3v) is 4.84. The van der Waals surface area contributed by atoms with Gasteiger partial charge in [-0.15, -0.1) is 0 Å². The van der Waals surface area contributed by atoms with Crippen LogP contribution < -0.4 is 10.6 Å². The van der Waals surface area contributed by atoms with E-state index in [0.717, 1.165) is 29.8 Å². The van der Waals surface area contributed by atoms with Gasteiger partial charge in [-0.1, -0.05) is 42.0 Å². The van der Waals surface area contributed by atoms with Gasteiger partial charge in [0.05, 0.1) is 0 Å². The van der Waals surface area contributed by atoms with Crippen LogP contribution in [0.2, 0.25) is 0 Å². The van der Waals surface area contributed by atoms with Crippen molar-refractivity contribution in [2.24, 2.45) is 0 Å². The van der Waals surface area contributed by atoms with Gasteiger partial charge in [-0.3, -0.25) is 9.59 Å². The SMILES string of the molecule is Cc1ccc(CNC(=O)C(C)Nc2cccc(CN3CCCC3=O)c2)cc1. The van der Waals surface area contributed by atoms with Crippen LogP contribution in [0.1, 0.15) is 36.5 Å². The Kier molecular flexibility index (Phi) is 6.12. The zero-order valence-electron chi connectivity index (χ0n) is 16.0. The highest BCUT2D eigenvalue weighted by Crippen LogP contribution is 2.17. The quantitative estimate of drug-likeness (QED) is 0.792. The highest BCUT2D eigenvalue weighted by molar-refractivity contribution is 5.84. The maximum atomic E-state index is 12.4. The van der Waals surface area contributed by atoms with Crippen molar-refractivity contribution in [3.8, 4) is 0 Å². The van der Waals surface area contributed by atoms with E-state index in [-0.39, 0.29) is 17.9 Å². The van der Waals surface area contributed by atoms with Crippen LogP contribution in [0.4, 0.5) is 5.69 Å². The summed E-state index contributed by atoms with van der Waals surface area (Å²) in [5.41, 5.74) is 4.24. The number of nitrogens with one attached hydrogen (secondary N) is 2. The van der Waals surface area contributed by atoms with E-state index in [2.05, 4.69) is 10.6 Å². The summed E-state index contributed by atoms with van der Waals surface area (Å²) in [5, 5.41) is 6.21. The molecule has 1 unspecified atom stereocenters. The molecule has 142 valence electrons. The molecule has 0 spiro atoms. The van der Waals surface area contributed by atoms with Crippen LogP contribution in [0.5, 0.6) is 0 Å². The maximum Gasteiger partial charge on any atom is 0.242 e. The van der Waals surface area contributed by atoms with Crippen LogP contribution in [0, 0.1) is 6.92 Å². The molecule has 0 aromatic heterocycles. The van der Waals surface area contributed by atoms with Crippen LogP contribution in [-0.2, 0) is 22.7 Å². The number of likely N-dealkylation sites (tertiary alicyclic amines) is 1. The van der Waals surface area contributed by atoms with Crippen molar-refractivity contribution in [2.45, 2.75) is 45.8 Å². The summed E-state index contributed by atoms with van der Waals surface area (Å²) in [5.74, 6) is 0.174. The third kappa shape index (κ3) is 5.33. The lowest BCUT2D eigenvalue weighted by atomic mass is 10.1. The molecule has 2 N–H and O–H groups in total. The molecule has 2 aromatic rings. The second-order valence-electron chi connectivity index (χ2n) is 7.19. The molecule has 2 aromatic carbocycles. The molecule has 5 heteroatoms. The average Bonchev–Trinajstić information content (AvgIpc) is 3.06. The van der Waals surface area contributed by atoms with Gasteiger partial charge < -0.3 is 15.5 Å². The summed E-state index contributed by atoms with van der Waals surface area (Å²) in [6.07, 6.45) is 1.59. The maximum absolute atomic E-state index is 12.4. The molecule has 1 aliphatic heterocycles. The summed E-state index contributed by atoms with van der Waals surface area (Å²) < 4.78 is 0. The predicted molar refractivity (Wildman–Crippen MR) is 107 cm³/mol. The van der Waals surface area contributed by atoms with Crippen molar-refractivity contribution in [1.29, 1.82) is 0 Å². The Morgan fingerprint density at radius 2 is 1.93 bits per heavy atom. The fourth-order valence-corrected chi connectivity index (χ4v) is 3.21. The standard InChI is InChI=1S/C22H27N3O2/c1-16-8-10-18(11-9-16)14-23-22(27)17(2)24-20-6-3-5-19(13-20)15-25-12-4-7-21(25)26/h3,5-6,8-11,13,17,24H,4,7,12,14-15H2,1-2H3,(H,23,27). The molecule has 0 saturated carbocycles. The van der Waals surface area contributed by atoms with Crippen molar-refractivity contribution in [1.82, 2.24) is 10.2 Å². The van der Waals surface area contributed by atoms with Gasteiger partial charge in [0.25, 0.3) is 0 Å². The highest BCUT2D eigenvalue weighted by atomic mass is 16.2. The number of rotatable bonds is 7. The van der Waals surface area contributed by atoms with E-state index < -0.39 is 0 Å². The Labute approximate surface area is 160 Å². The molecule has 0 bridgehead atoms. The summed E-state index contributed by atoms with van der Waals surface area (Å²) >= 11 is 0. The van der Waals surface area contributed by atoms with Crippen LogP contribution >= 0.6 is 0 Å². The van der Waals surface area contributed by atoms with E-state index >= 15 is 0 Å². The number of benzene rings is 2. The lowest BCUT2D eigenvalue weighted by Crippen LogP contribution is -2.37. The molecule has 5 nitrogen and oxygen atoms in total. The molecule has 1 fully saturated rings. The van der Waals surface area contributed by atoms with Gasteiger partial charge in [0.2, 0.25) is 11.8 Å². The Balaban J connectivity index is 1.52. The minimum absolute atomic E-state index is 0.0456. The number of anilines is 1. The fourth-order valence-electron chi connectivity index (χ4n) is 3.21. The van der Waals surface area contributed by atoms with Gasteiger partial charge >= 0.3 is 0 Å². The molecule has 1 saturated heterocycles. The highest BCUT2D eigenvalue weighted by Gasteiger charge is 2.20. The van der Waals surface area contributed by atoms with Gasteiger partial charge in [-0.25, -0.2) is 0 Å². The smallest absolute Gasteiger partial charge is 0.242 e. The molecule has 1 aliphatic rings. The summed E-state index contributed by atoms with van der Waals surface area (Å²) in [7, 11) is 0. The first kappa shape index (κ1) is 19.0. The van der Waals surface area contributed by atoms with Gasteiger partial charge in [0.15, 0.2) is 0 Å². The average molecular weight is 365 g/mol. The number of hydrogen-bond donors (Lipinski definition) is 2. The number of carbonyl (C=O) groups excluding carboxylic acids is 2. The third-order valence-electron chi connectivity index (χ3n) is 4.84. The molecular weight excluding hydrogens is 338 g/mol. The van der Waals surface area contributed by atoms with E-state index in [1.54, 1.807) is 0 Å². The molecule has 2 amide bonds. The monoisotopic (exact) mass is 365 g/mol. The minimum Gasteiger partial charge on any atom is -0.374 e. The zero-order chi connectivity index (χ0) is 19.2. The van der Waals surface area contributed by atoms with Crippen molar-refractivity contribution >= 4 is 17.5 Å². The van der Waals surface area contributed by atoms with Crippen LogP contribution in [-0.4, -0.2) is 29.3 Å². The summed E-state index contributed by atoms with van der Waals surface area (Å²) in [6.45, 7) is 5.86. The Morgan fingerprint density at radius 1 is 1.15 bits per heavy atom. The lowest BCUT2D eigenvalue weighted by Gasteiger charge is -2.18. The molecule has 27 heavy (non-hydrogen) atoms. The van der Waals surface area contributed by atoms with Crippen molar-refractivity contribution in [3.05, 3.63) is 65.2 Å². The number of carbonyl (C=O) groups is 2. The van der Waals surface area contributed by atoms with Crippen molar-refractivity contribution in [2.75, 3.05) is 11.9 Å². The molecule has 1 atom stereocenters. The number of aryl methyl sites for hydroxylation is 1. The largest absolute Gasteiger partial charge is 0.374 e. The Hall–Kier alpha value is -2.82. The second kappa shape index (κ2) is 8.71. The predicted octanol–water partition coefficient (Wildman–Crippen LogP) is 3.23. The topological polar surface area (TPSA) is 61.4 Å². The van der Waals surface area contributed by atoms with E-state index in [1.165, 1.54) is 5.56 Å². The number of hydrogen-bond acceptors (Lipinski definition) is 3. The lowest BCUT2D eigenvalue weighted by molar-refractivity contribution is -0.128. The minimum atomic E-state index is -0.348. The molecule has 3 rings (SSSR count). The van der Waals surface area contributed by atoms with Gasteiger partial charge in [-0.05, 0) is 43.5 Å². The normalized spacial score (nSPS) is 14.9. The van der Waals surface area contributed by atoms with Gasteiger partial charge in [-0.2, -0.15) is 0 Å². The first-order chi connectivity index (χ1) is 13.0. The van der Waals surface area contributed by atoms with E-state index in [9.17, 15) is 9.59 Å². The molecule has 1 heterocycles. The molecule has 0 aliphatic carbocycles. The van der Waals surface area contributed by atoms with E-state index in [4.69, 9.17) is 0 Å². The number of nitrogens with zero attached hydrogens (tertiary/aromatic N) is 1. The van der Waals surface area contributed by atoms with Gasteiger partial charge in [0, 0.05) is 31.7 Å². The van der Waals surface area contributed by atoms with E-state index in [0.29, 0.717) is 19.5 Å². The van der Waals surface area contributed by atoms with Crippen LogP contribution in [0.3, 0.4) is 0 Å². The first-order valence-electron chi connectivity index (χ1n) is 9.48. The fraction of sp³-hybridized carbons (Fsp3) is 0.364.